The highest BCUT2D eigenvalue weighted by Crippen LogP contribution is 2.44. The molecule has 1 aliphatic carbocycles. The summed E-state index contributed by atoms with van der Waals surface area (Å²) in [5.41, 5.74) is 0. The third-order valence-corrected chi connectivity index (χ3v) is 3.35. The van der Waals surface area contributed by atoms with Gasteiger partial charge >= 0.3 is 8.60 Å². The minimum Gasteiger partial charge on any atom is -0.312 e. The second kappa shape index (κ2) is 7.58. The summed E-state index contributed by atoms with van der Waals surface area (Å²) < 4.78 is 16.8. The molecule has 4 heteroatoms. The Labute approximate surface area is 88.1 Å². The first-order chi connectivity index (χ1) is 6.86. The van der Waals surface area contributed by atoms with Crippen molar-refractivity contribution >= 4 is 8.60 Å². The second-order valence-electron chi connectivity index (χ2n) is 3.55. The average molecular weight is 220 g/mol. The molecule has 0 atom stereocenters. The summed E-state index contributed by atoms with van der Waals surface area (Å²) in [6.07, 6.45) is 6.06. The van der Waals surface area contributed by atoms with Crippen molar-refractivity contribution in [2.24, 2.45) is 0 Å². The van der Waals surface area contributed by atoms with Crippen LogP contribution < -0.4 is 0 Å². The molecule has 0 aliphatic heterocycles. The van der Waals surface area contributed by atoms with Gasteiger partial charge in [0.1, 0.15) is 0 Å². The summed E-state index contributed by atoms with van der Waals surface area (Å²) >= 11 is 0. The Morgan fingerprint density at radius 3 is 2.00 bits per heavy atom. The lowest BCUT2D eigenvalue weighted by Gasteiger charge is -2.28. The Kier molecular flexibility index (Phi) is 6.70. The second-order valence-corrected chi connectivity index (χ2v) is 4.72. The van der Waals surface area contributed by atoms with Crippen molar-refractivity contribution in [1.29, 1.82) is 0 Å². The predicted octanol–water partition coefficient (Wildman–Crippen LogP) is 3.64. The summed E-state index contributed by atoms with van der Waals surface area (Å²) in [4.78, 5) is 0. The van der Waals surface area contributed by atoms with E-state index in [9.17, 15) is 0 Å². The van der Waals surface area contributed by atoms with Crippen molar-refractivity contribution in [1.82, 2.24) is 0 Å². The first kappa shape index (κ1) is 12.4. The van der Waals surface area contributed by atoms with E-state index in [1.165, 1.54) is 19.3 Å². The predicted molar refractivity (Wildman–Crippen MR) is 58.1 cm³/mol. The van der Waals surface area contributed by atoms with Gasteiger partial charge in [-0.15, -0.1) is 0 Å². The fourth-order valence-electron chi connectivity index (χ4n) is 1.03. The summed E-state index contributed by atoms with van der Waals surface area (Å²) in [7, 11) is -1.07. The van der Waals surface area contributed by atoms with Gasteiger partial charge in [-0.3, -0.25) is 0 Å². The molecule has 3 nitrogen and oxygen atoms in total. The van der Waals surface area contributed by atoms with E-state index in [0.29, 0.717) is 6.10 Å². The lowest BCUT2D eigenvalue weighted by Crippen LogP contribution is -2.20. The lowest BCUT2D eigenvalue weighted by atomic mass is 9.97. The van der Waals surface area contributed by atoms with Gasteiger partial charge in [-0.2, -0.15) is 0 Å². The van der Waals surface area contributed by atoms with Gasteiger partial charge in [-0.05, 0) is 32.1 Å². The van der Waals surface area contributed by atoms with Crippen LogP contribution in [0.5, 0.6) is 0 Å². The fraction of sp³-hybridized carbons (Fsp3) is 1.00. The summed E-state index contributed by atoms with van der Waals surface area (Å²) in [5, 5.41) is 0. The smallest absolute Gasteiger partial charge is 0.312 e. The van der Waals surface area contributed by atoms with Crippen LogP contribution in [0.4, 0.5) is 0 Å². The minimum absolute atomic E-state index is 0.398. The standard InChI is InChI=1S/C10H21O3P/c1-3-8-11-14(12-9-4-2)13-10-6-5-7-10/h10H,3-9H2,1-2H3. The molecule has 0 aromatic carbocycles. The van der Waals surface area contributed by atoms with Crippen molar-refractivity contribution in [3.05, 3.63) is 0 Å². The summed E-state index contributed by atoms with van der Waals surface area (Å²) in [5.74, 6) is 0. The topological polar surface area (TPSA) is 27.7 Å². The van der Waals surface area contributed by atoms with Crippen LogP contribution in [-0.4, -0.2) is 19.3 Å². The molecule has 1 saturated carbocycles. The molecular weight excluding hydrogens is 199 g/mol. The molecule has 14 heavy (non-hydrogen) atoms. The molecule has 0 spiro atoms. The van der Waals surface area contributed by atoms with Gasteiger partial charge in [0.2, 0.25) is 0 Å². The average Bonchev–Trinajstić information content (AvgIpc) is 2.14. The molecule has 0 aromatic heterocycles. The highest BCUT2D eigenvalue weighted by Gasteiger charge is 2.24. The minimum atomic E-state index is -1.07. The van der Waals surface area contributed by atoms with Crippen LogP contribution in [0, 0.1) is 0 Å². The van der Waals surface area contributed by atoms with Crippen LogP contribution in [0.1, 0.15) is 46.0 Å². The number of hydrogen-bond acceptors (Lipinski definition) is 3. The Hall–Kier alpha value is 0.310. The maximum absolute atomic E-state index is 5.71. The third-order valence-electron chi connectivity index (χ3n) is 2.09. The van der Waals surface area contributed by atoms with Gasteiger partial charge in [0.15, 0.2) is 0 Å². The molecule has 84 valence electrons. The van der Waals surface area contributed by atoms with Crippen molar-refractivity contribution in [3.63, 3.8) is 0 Å². The first-order valence-corrected chi connectivity index (χ1v) is 6.69. The third kappa shape index (κ3) is 4.70. The van der Waals surface area contributed by atoms with E-state index in [4.69, 9.17) is 13.6 Å². The van der Waals surface area contributed by atoms with E-state index in [0.717, 1.165) is 26.1 Å². The molecule has 0 aromatic rings. The lowest BCUT2D eigenvalue weighted by molar-refractivity contribution is 0.0729. The summed E-state index contributed by atoms with van der Waals surface area (Å²) in [6, 6.07) is 0. The number of rotatable bonds is 8. The Morgan fingerprint density at radius 2 is 1.64 bits per heavy atom. The SMILES string of the molecule is CCCOP(OCCC)OC1CCC1. The van der Waals surface area contributed by atoms with Gasteiger partial charge in [0.05, 0.1) is 19.3 Å². The molecule has 0 amide bonds. The highest BCUT2D eigenvalue weighted by molar-refractivity contribution is 7.41. The van der Waals surface area contributed by atoms with Crippen molar-refractivity contribution in [2.75, 3.05) is 13.2 Å². The van der Waals surface area contributed by atoms with E-state index >= 15 is 0 Å². The molecule has 1 aliphatic rings. The normalized spacial score (nSPS) is 17.4. The molecule has 0 heterocycles. The van der Waals surface area contributed by atoms with Crippen molar-refractivity contribution < 1.29 is 13.6 Å². The Bertz CT molecular complexity index is 131. The molecule has 1 fully saturated rings. The van der Waals surface area contributed by atoms with E-state index in [1.54, 1.807) is 0 Å². The van der Waals surface area contributed by atoms with Gasteiger partial charge in [-0.25, -0.2) is 0 Å². The molecule has 0 unspecified atom stereocenters. The maximum Gasteiger partial charge on any atom is 0.332 e. The van der Waals surface area contributed by atoms with E-state index in [-0.39, 0.29) is 0 Å². The van der Waals surface area contributed by atoms with Gasteiger partial charge < -0.3 is 13.6 Å². The maximum atomic E-state index is 5.71. The fourth-order valence-corrected chi connectivity index (χ4v) is 2.34. The van der Waals surface area contributed by atoms with Crippen LogP contribution >= 0.6 is 8.60 Å². The van der Waals surface area contributed by atoms with E-state index < -0.39 is 8.60 Å². The summed E-state index contributed by atoms with van der Waals surface area (Å²) in [6.45, 7) is 5.66. The highest BCUT2D eigenvalue weighted by atomic mass is 31.2. The molecule has 0 bridgehead atoms. The Morgan fingerprint density at radius 1 is 1.07 bits per heavy atom. The molecule has 0 saturated heterocycles. The zero-order valence-electron chi connectivity index (χ0n) is 9.20. The molecule has 0 N–H and O–H groups in total. The van der Waals surface area contributed by atoms with Crippen molar-refractivity contribution in [2.45, 2.75) is 52.1 Å². The quantitative estimate of drug-likeness (QED) is 0.584. The zero-order valence-corrected chi connectivity index (χ0v) is 10.1. The molecule has 1 rings (SSSR count). The van der Waals surface area contributed by atoms with Crippen LogP contribution in [0.3, 0.4) is 0 Å². The van der Waals surface area contributed by atoms with Crippen LogP contribution in [0.25, 0.3) is 0 Å². The van der Waals surface area contributed by atoms with Gasteiger partial charge in [0, 0.05) is 0 Å². The monoisotopic (exact) mass is 220 g/mol. The van der Waals surface area contributed by atoms with Crippen LogP contribution in [0.2, 0.25) is 0 Å². The van der Waals surface area contributed by atoms with Crippen molar-refractivity contribution in [3.8, 4) is 0 Å². The number of hydrogen-bond donors (Lipinski definition) is 0. The molecular formula is C10H21O3P. The van der Waals surface area contributed by atoms with Gasteiger partial charge in [0.25, 0.3) is 0 Å². The van der Waals surface area contributed by atoms with E-state index in [1.807, 2.05) is 0 Å². The van der Waals surface area contributed by atoms with Crippen LogP contribution in [-0.2, 0) is 13.6 Å². The molecule has 0 radical (unpaired) electrons. The van der Waals surface area contributed by atoms with E-state index in [2.05, 4.69) is 13.8 Å². The first-order valence-electron chi connectivity index (χ1n) is 5.59. The largest absolute Gasteiger partial charge is 0.332 e. The van der Waals surface area contributed by atoms with Gasteiger partial charge in [-0.1, -0.05) is 13.8 Å². The van der Waals surface area contributed by atoms with Crippen LogP contribution in [0.15, 0.2) is 0 Å². The Balaban J connectivity index is 2.12. The zero-order chi connectivity index (χ0) is 10.2.